The van der Waals surface area contributed by atoms with Gasteiger partial charge in [-0.1, -0.05) is 75.2 Å². The maximum Gasteiger partial charge on any atom is 2.00 e. The number of aryl methyl sites for hydroxylation is 2. The Hall–Kier alpha value is -1.70. The van der Waals surface area contributed by atoms with Crippen LogP contribution in [0.1, 0.15) is 58.5 Å². The number of carboxylic acid groups (broad SMARTS) is 2. The van der Waals surface area contributed by atoms with Crippen molar-refractivity contribution in [3.63, 3.8) is 0 Å². The Bertz CT molecular complexity index is 623. The smallest absolute Gasteiger partial charge is 0.545 e. The quantitative estimate of drug-likeness (QED) is 0.529. The Morgan fingerprint density at radius 1 is 0.720 bits per heavy atom. The summed E-state index contributed by atoms with van der Waals surface area (Å²) < 4.78 is 0. The molecule has 0 saturated carbocycles. The predicted molar refractivity (Wildman–Crippen MR) is 95.3 cm³/mol. The average molecular weight is 534 g/mol. The topological polar surface area (TPSA) is 80.3 Å². The van der Waals surface area contributed by atoms with Crippen LogP contribution < -0.4 is 10.2 Å². The van der Waals surface area contributed by atoms with Crippen LogP contribution in [0, 0.1) is 0 Å². The van der Waals surface area contributed by atoms with E-state index in [9.17, 15) is 19.8 Å². The van der Waals surface area contributed by atoms with E-state index in [-0.39, 0.29) is 27.3 Å². The number of hydrogen-bond donors (Lipinski definition) is 0. The van der Waals surface area contributed by atoms with Gasteiger partial charge in [0, 0.05) is 11.1 Å². The van der Waals surface area contributed by atoms with Gasteiger partial charge in [0.2, 0.25) is 0 Å². The molecule has 0 saturated heterocycles. The third-order valence-corrected chi connectivity index (χ3v) is 3.51. The van der Waals surface area contributed by atoms with Crippen molar-refractivity contribution in [3.8, 4) is 0 Å². The Kier molecular flexibility index (Phi) is 11.8. The van der Waals surface area contributed by atoms with Gasteiger partial charge in [0.15, 0.2) is 0 Å². The summed E-state index contributed by atoms with van der Waals surface area (Å²) in [5, 5.41) is 21.2. The molecule has 0 N–H and O–H groups in total. The van der Waals surface area contributed by atoms with Gasteiger partial charge in [0.1, 0.15) is 0 Å². The van der Waals surface area contributed by atoms with E-state index in [1.54, 1.807) is 24.3 Å². The minimum Gasteiger partial charge on any atom is -0.545 e. The predicted octanol–water partition coefficient (Wildman–Crippen LogP) is 1.62. The summed E-state index contributed by atoms with van der Waals surface area (Å²) in [4.78, 5) is 21.2. The van der Waals surface area contributed by atoms with Crippen LogP contribution in [0.25, 0.3) is 0 Å². The van der Waals surface area contributed by atoms with E-state index in [1.807, 2.05) is 38.1 Å². The summed E-state index contributed by atoms with van der Waals surface area (Å²) in [5.74, 6) is -2.17. The standard InChI is InChI=1S/2C10H12O2.Pb/c2*1-2-5-8-6-3-4-7-9(8)10(11)12;/h2*3-4,6-7H,2,5H2,1H3,(H,11,12);/q;;+2/p-2. The molecule has 4 nitrogen and oxygen atoms in total. The number of carbonyl (C=O) groups excluding carboxylic acids is 2. The molecule has 0 unspecified atom stereocenters. The zero-order valence-corrected chi connectivity index (χ0v) is 18.5. The molecule has 0 aromatic heterocycles. The first-order chi connectivity index (χ1) is 11.5. The van der Waals surface area contributed by atoms with Crippen LogP contribution in [-0.4, -0.2) is 39.2 Å². The van der Waals surface area contributed by atoms with Crippen molar-refractivity contribution in [1.82, 2.24) is 0 Å². The van der Waals surface area contributed by atoms with Crippen molar-refractivity contribution in [2.24, 2.45) is 0 Å². The fourth-order valence-corrected chi connectivity index (χ4v) is 2.41. The maximum atomic E-state index is 10.6. The molecule has 0 aliphatic carbocycles. The second kappa shape index (κ2) is 12.6. The van der Waals surface area contributed by atoms with Gasteiger partial charge >= 0.3 is 27.3 Å². The van der Waals surface area contributed by atoms with Gasteiger partial charge in [0.25, 0.3) is 0 Å². The molecule has 0 atom stereocenters. The zero-order chi connectivity index (χ0) is 17.9. The van der Waals surface area contributed by atoms with E-state index < -0.39 is 11.9 Å². The minimum absolute atomic E-state index is 0. The Morgan fingerprint density at radius 2 is 1.04 bits per heavy atom. The number of carbonyl (C=O) groups is 2. The molecule has 0 aliphatic heterocycles. The average Bonchev–Trinajstić information content (AvgIpc) is 2.57. The van der Waals surface area contributed by atoms with Gasteiger partial charge in [-0.25, -0.2) is 0 Å². The molecule has 25 heavy (non-hydrogen) atoms. The van der Waals surface area contributed by atoms with Crippen molar-refractivity contribution in [1.29, 1.82) is 0 Å². The van der Waals surface area contributed by atoms with Gasteiger partial charge in [0.05, 0.1) is 11.9 Å². The Morgan fingerprint density at radius 3 is 1.32 bits per heavy atom. The molecule has 0 amide bonds. The van der Waals surface area contributed by atoms with E-state index in [1.165, 1.54) is 0 Å². The van der Waals surface area contributed by atoms with Crippen LogP contribution in [0.4, 0.5) is 0 Å². The molecule has 2 radical (unpaired) electrons. The van der Waals surface area contributed by atoms with Crippen LogP contribution in [0.2, 0.25) is 0 Å². The van der Waals surface area contributed by atoms with Gasteiger partial charge in [-0.3, -0.25) is 0 Å². The van der Waals surface area contributed by atoms with E-state index in [2.05, 4.69) is 0 Å². The van der Waals surface area contributed by atoms with Crippen molar-refractivity contribution >= 4 is 39.2 Å². The fourth-order valence-electron chi connectivity index (χ4n) is 2.41. The molecular formula is C20H22O4Pb. The largest absolute Gasteiger partial charge is 2.00 e. The van der Waals surface area contributed by atoms with E-state index in [4.69, 9.17) is 0 Å². The van der Waals surface area contributed by atoms with E-state index in [0.717, 1.165) is 36.8 Å². The summed E-state index contributed by atoms with van der Waals surface area (Å²) in [5.41, 5.74) is 2.36. The number of benzene rings is 2. The molecule has 5 heteroatoms. The van der Waals surface area contributed by atoms with Gasteiger partial charge in [-0.2, -0.15) is 0 Å². The van der Waals surface area contributed by atoms with Crippen molar-refractivity contribution < 1.29 is 19.8 Å². The van der Waals surface area contributed by atoms with Crippen LogP contribution in [0.15, 0.2) is 48.5 Å². The number of carboxylic acids is 2. The molecule has 2 rings (SSSR count). The first-order valence-corrected chi connectivity index (χ1v) is 8.09. The molecule has 130 valence electrons. The third kappa shape index (κ3) is 7.81. The molecule has 0 aliphatic rings. The normalized spacial score (nSPS) is 9.36. The number of aromatic carboxylic acids is 2. The Balaban J connectivity index is 0.000000443. The molecule has 0 heterocycles. The monoisotopic (exact) mass is 534 g/mol. The van der Waals surface area contributed by atoms with Gasteiger partial charge in [-0.05, 0) is 24.0 Å². The van der Waals surface area contributed by atoms with Crippen LogP contribution in [0.3, 0.4) is 0 Å². The van der Waals surface area contributed by atoms with E-state index >= 15 is 0 Å². The fraction of sp³-hybridized carbons (Fsp3) is 0.300. The third-order valence-electron chi connectivity index (χ3n) is 3.51. The van der Waals surface area contributed by atoms with Gasteiger partial charge in [-0.15, -0.1) is 0 Å². The summed E-state index contributed by atoms with van der Waals surface area (Å²) in [6.07, 6.45) is 3.49. The maximum absolute atomic E-state index is 10.6. The SMILES string of the molecule is CCCc1ccccc1C(=O)[O-].CCCc1ccccc1C(=O)[O-].[Pb+2]. The number of hydrogen-bond acceptors (Lipinski definition) is 4. The summed E-state index contributed by atoms with van der Waals surface area (Å²) >= 11 is 0. The van der Waals surface area contributed by atoms with Crippen LogP contribution in [-0.2, 0) is 12.8 Å². The second-order valence-electron chi connectivity index (χ2n) is 5.39. The number of rotatable bonds is 6. The molecule has 0 spiro atoms. The Labute approximate surface area is 169 Å². The summed E-state index contributed by atoms with van der Waals surface area (Å²) in [6.45, 7) is 4.04. The summed E-state index contributed by atoms with van der Waals surface area (Å²) in [7, 11) is 0. The van der Waals surface area contributed by atoms with E-state index in [0.29, 0.717) is 11.1 Å². The molecule has 2 aromatic rings. The molecular weight excluding hydrogens is 511 g/mol. The second-order valence-corrected chi connectivity index (χ2v) is 5.39. The molecule has 2 aromatic carbocycles. The first kappa shape index (κ1) is 23.3. The van der Waals surface area contributed by atoms with Crippen molar-refractivity contribution in [2.45, 2.75) is 39.5 Å². The van der Waals surface area contributed by atoms with Crippen LogP contribution in [0.5, 0.6) is 0 Å². The van der Waals surface area contributed by atoms with Crippen molar-refractivity contribution in [3.05, 3.63) is 70.8 Å². The van der Waals surface area contributed by atoms with Crippen molar-refractivity contribution in [2.75, 3.05) is 0 Å². The molecule has 0 bridgehead atoms. The summed E-state index contributed by atoms with van der Waals surface area (Å²) in [6, 6.07) is 13.9. The minimum atomic E-state index is -1.08. The molecule has 0 fully saturated rings. The zero-order valence-electron chi connectivity index (χ0n) is 14.6. The van der Waals surface area contributed by atoms with Crippen LogP contribution >= 0.6 is 0 Å². The van der Waals surface area contributed by atoms with Gasteiger partial charge < -0.3 is 19.8 Å². The first-order valence-electron chi connectivity index (χ1n) is 8.09.